The van der Waals surface area contributed by atoms with Crippen molar-refractivity contribution in [2.75, 3.05) is 7.11 Å². The standard InChI is InChI=1S/C20H21NO5/c1-14-9-10-17(11-18(14)26-19(12-22)20(23)24-3)15(2)21-25-13-16-7-5-4-6-8-16/h4-12,19,21H,2,13H2,1,3H3. The van der Waals surface area contributed by atoms with Crippen LogP contribution in [0.4, 0.5) is 0 Å². The Morgan fingerprint density at radius 1 is 1.23 bits per heavy atom. The third kappa shape index (κ3) is 5.19. The minimum absolute atomic E-state index is 0.380. The molecule has 0 bridgehead atoms. The van der Waals surface area contributed by atoms with Crippen molar-refractivity contribution >= 4 is 18.0 Å². The molecule has 0 radical (unpaired) electrons. The van der Waals surface area contributed by atoms with Crippen LogP contribution in [-0.4, -0.2) is 25.5 Å². The van der Waals surface area contributed by atoms with Crippen LogP contribution in [0.1, 0.15) is 16.7 Å². The van der Waals surface area contributed by atoms with E-state index in [9.17, 15) is 9.59 Å². The molecule has 0 saturated heterocycles. The highest BCUT2D eigenvalue weighted by molar-refractivity contribution is 5.91. The Labute approximate surface area is 152 Å². The lowest BCUT2D eigenvalue weighted by Gasteiger charge is -2.16. The molecule has 1 atom stereocenters. The number of carbonyl (C=O) groups is 2. The molecule has 0 amide bonds. The van der Waals surface area contributed by atoms with Crippen LogP contribution in [0.3, 0.4) is 0 Å². The monoisotopic (exact) mass is 355 g/mol. The topological polar surface area (TPSA) is 73.9 Å². The first-order valence-electron chi connectivity index (χ1n) is 7.96. The van der Waals surface area contributed by atoms with Gasteiger partial charge >= 0.3 is 5.97 Å². The van der Waals surface area contributed by atoms with Gasteiger partial charge in [-0.2, -0.15) is 0 Å². The SMILES string of the molecule is C=C(NOCc1ccccc1)c1ccc(C)c(OC(C=O)C(=O)OC)c1. The Morgan fingerprint density at radius 3 is 2.62 bits per heavy atom. The Bertz CT molecular complexity index is 773. The molecule has 0 aliphatic carbocycles. The fraction of sp³-hybridized carbons (Fsp3) is 0.200. The molecular formula is C20H21NO5. The molecule has 2 aromatic carbocycles. The number of rotatable bonds is 9. The summed E-state index contributed by atoms with van der Waals surface area (Å²) in [6.07, 6.45) is -0.918. The van der Waals surface area contributed by atoms with Crippen molar-refractivity contribution in [1.29, 1.82) is 0 Å². The largest absolute Gasteiger partial charge is 0.471 e. The number of carbonyl (C=O) groups excluding carboxylic acids is 2. The van der Waals surface area contributed by atoms with Gasteiger partial charge in [0.25, 0.3) is 0 Å². The third-order valence-corrected chi connectivity index (χ3v) is 3.62. The van der Waals surface area contributed by atoms with Crippen molar-refractivity contribution in [3.05, 3.63) is 71.8 Å². The van der Waals surface area contributed by atoms with Gasteiger partial charge in [0.05, 0.1) is 19.4 Å². The summed E-state index contributed by atoms with van der Waals surface area (Å²) >= 11 is 0. The molecule has 136 valence electrons. The van der Waals surface area contributed by atoms with Crippen molar-refractivity contribution in [2.24, 2.45) is 0 Å². The predicted octanol–water partition coefficient (Wildman–Crippen LogP) is 2.81. The van der Waals surface area contributed by atoms with E-state index >= 15 is 0 Å². The lowest BCUT2D eigenvalue weighted by Crippen LogP contribution is -2.30. The fourth-order valence-corrected chi connectivity index (χ4v) is 2.14. The Morgan fingerprint density at radius 2 is 1.96 bits per heavy atom. The molecule has 0 aliphatic heterocycles. The maximum atomic E-state index is 11.5. The van der Waals surface area contributed by atoms with Gasteiger partial charge in [-0.25, -0.2) is 4.79 Å². The van der Waals surface area contributed by atoms with Crippen LogP contribution in [-0.2, 0) is 25.8 Å². The first-order valence-corrected chi connectivity index (χ1v) is 7.96. The van der Waals surface area contributed by atoms with Crippen molar-refractivity contribution in [2.45, 2.75) is 19.6 Å². The van der Waals surface area contributed by atoms with E-state index in [2.05, 4.69) is 16.8 Å². The highest BCUT2D eigenvalue weighted by Crippen LogP contribution is 2.23. The molecule has 2 rings (SSSR count). The summed E-state index contributed by atoms with van der Waals surface area (Å²) in [6, 6.07) is 15.0. The Balaban J connectivity index is 2.01. The van der Waals surface area contributed by atoms with E-state index in [1.165, 1.54) is 7.11 Å². The molecule has 0 aliphatic rings. The second-order valence-corrected chi connectivity index (χ2v) is 5.53. The van der Waals surface area contributed by atoms with E-state index in [0.29, 0.717) is 29.9 Å². The average Bonchev–Trinajstić information content (AvgIpc) is 2.67. The van der Waals surface area contributed by atoms with E-state index in [4.69, 9.17) is 9.57 Å². The summed E-state index contributed by atoms with van der Waals surface area (Å²) in [7, 11) is 1.20. The van der Waals surface area contributed by atoms with Gasteiger partial charge in [-0.15, -0.1) is 0 Å². The Kier molecular flexibility index (Phi) is 6.93. The number of hydrogen-bond donors (Lipinski definition) is 1. The highest BCUT2D eigenvalue weighted by Gasteiger charge is 2.21. The van der Waals surface area contributed by atoms with E-state index in [-0.39, 0.29) is 0 Å². The van der Waals surface area contributed by atoms with Crippen molar-refractivity contribution < 1.29 is 23.9 Å². The molecule has 1 unspecified atom stereocenters. The summed E-state index contributed by atoms with van der Waals surface area (Å²) in [5, 5.41) is 0. The molecule has 6 heteroatoms. The molecule has 0 aromatic heterocycles. The minimum Gasteiger partial charge on any atom is -0.471 e. The van der Waals surface area contributed by atoms with Crippen LogP contribution in [0.25, 0.3) is 5.70 Å². The summed E-state index contributed by atoms with van der Waals surface area (Å²) in [6.45, 7) is 6.11. The van der Waals surface area contributed by atoms with Crippen LogP contribution in [0.2, 0.25) is 0 Å². The maximum Gasteiger partial charge on any atom is 0.354 e. The van der Waals surface area contributed by atoms with Gasteiger partial charge in [0.2, 0.25) is 6.10 Å². The molecule has 26 heavy (non-hydrogen) atoms. The smallest absolute Gasteiger partial charge is 0.354 e. The lowest BCUT2D eigenvalue weighted by atomic mass is 10.1. The molecule has 0 heterocycles. The zero-order chi connectivity index (χ0) is 18.9. The average molecular weight is 355 g/mol. The molecule has 2 aromatic rings. The summed E-state index contributed by atoms with van der Waals surface area (Å²) in [4.78, 5) is 28.0. The van der Waals surface area contributed by atoms with Crippen LogP contribution < -0.4 is 10.2 Å². The number of hydrogen-bond acceptors (Lipinski definition) is 6. The summed E-state index contributed by atoms with van der Waals surface area (Å²) in [5.41, 5.74) is 5.79. The zero-order valence-corrected chi connectivity index (χ0v) is 14.7. The van der Waals surface area contributed by atoms with Crippen LogP contribution in [0, 0.1) is 6.92 Å². The zero-order valence-electron chi connectivity index (χ0n) is 14.7. The third-order valence-electron chi connectivity index (χ3n) is 3.62. The predicted molar refractivity (Wildman–Crippen MR) is 97.1 cm³/mol. The van der Waals surface area contributed by atoms with Crippen molar-refractivity contribution in [3.8, 4) is 5.75 Å². The molecule has 1 N–H and O–H groups in total. The van der Waals surface area contributed by atoms with Gasteiger partial charge < -0.3 is 9.47 Å². The van der Waals surface area contributed by atoms with E-state index in [0.717, 1.165) is 11.1 Å². The highest BCUT2D eigenvalue weighted by atomic mass is 16.6. The van der Waals surface area contributed by atoms with Gasteiger partial charge in [-0.05, 0) is 24.1 Å². The Hall–Kier alpha value is -3.12. The second kappa shape index (κ2) is 9.39. The number of benzene rings is 2. The summed E-state index contributed by atoms with van der Waals surface area (Å²) in [5.74, 6) is -0.371. The van der Waals surface area contributed by atoms with E-state index in [1.54, 1.807) is 19.1 Å². The maximum absolute atomic E-state index is 11.5. The van der Waals surface area contributed by atoms with Crippen LogP contribution in [0.15, 0.2) is 55.1 Å². The van der Waals surface area contributed by atoms with Gasteiger partial charge in [0.15, 0.2) is 6.29 Å². The fourth-order valence-electron chi connectivity index (χ4n) is 2.14. The number of nitrogens with one attached hydrogen (secondary N) is 1. The van der Waals surface area contributed by atoms with Gasteiger partial charge in [0, 0.05) is 5.56 Å². The van der Waals surface area contributed by atoms with Gasteiger partial charge in [0.1, 0.15) is 5.75 Å². The molecular weight excluding hydrogens is 334 g/mol. The number of ether oxygens (including phenoxy) is 2. The quantitative estimate of drug-likeness (QED) is 0.323. The molecule has 0 fully saturated rings. The number of aryl methyl sites for hydroxylation is 1. The van der Waals surface area contributed by atoms with Gasteiger partial charge in [-0.3, -0.25) is 15.1 Å². The molecule has 0 saturated carbocycles. The lowest BCUT2D eigenvalue weighted by molar-refractivity contribution is -0.150. The number of hydroxylamine groups is 1. The molecule has 6 nitrogen and oxygen atoms in total. The minimum atomic E-state index is -1.32. The first-order chi connectivity index (χ1) is 12.5. The number of methoxy groups -OCH3 is 1. The van der Waals surface area contributed by atoms with Crippen LogP contribution >= 0.6 is 0 Å². The van der Waals surface area contributed by atoms with Crippen LogP contribution in [0.5, 0.6) is 5.75 Å². The molecule has 0 spiro atoms. The normalized spacial score (nSPS) is 11.3. The van der Waals surface area contributed by atoms with Crippen molar-refractivity contribution in [3.63, 3.8) is 0 Å². The number of aldehydes is 1. The summed E-state index contributed by atoms with van der Waals surface area (Å²) < 4.78 is 10.0. The van der Waals surface area contributed by atoms with E-state index in [1.807, 2.05) is 36.4 Å². The van der Waals surface area contributed by atoms with Crippen molar-refractivity contribution in [1.82, 2.24) is 5.48 Å². The number of esters is 1. The van der Waals surface area contributed by atoms with E-state index < -0.39 is 12.1 Å². The van der Waals surface area contributed by atoms with Gasteiger partial charge in [-0.1, -0.05) is 49.0 Å². The second-order valence-electron chi connectivity index (χ2n) is 5.53. The first kappa shape index (κ1) is 19.2.